The lowest BCUT2D eigenvalue weighted by Gasteiger charge is -2.30. The number of ether oxygens (including phenoxy) is 2. The molecule has 4 heteroatoms. The number of rotatable bonds is 5. The molecule has 0 radical (unpaired) electrons. The molecule has 0 amide bonds. The summed E-state index contributed by atoms with van der Waals surface area (Å²) in [4.78, 5) is 11.9. The Morgan fingerprint density at radius 2 is 2.24 bits per heavy atom. The maximum atomic E-state index is 11.9. The Balaban J connectivity index is 2.48. The topological polar surface area (TPSA) is 47.6 Å². The molecule has 1 fully saturated rings. The standard InChI is InChI=1S/C13H25NO3/c1-5-16-12(15)11(13(2,3)4)14-9-10-7-6-8-17-10/h10-11,14H,5-9H2,1-4H3. The van der Waals surface area contributed by atoms with E-state index >= 15 is 0 Å². The molecule has 1 saturated heterocycles. The summed E-state index contributed by atoms with van der Waals surface area (Å²) in [5.41, 5.74) is -0.148. The second-order valence-corrected chi connectivity index (χ2v) is 5.59. The minimum absolute atomic E-state index is 0.148. The van der Waals surface area contributed by atoms with Crippen molar-refractivity contribution in [2.24, 2.45) is 5.41 Å². The van der Waals surface area contributed by atoms with Gasteiger partial charge in [-0.05, 0) is 25.2 Å². The van der Waals surface area contributed by atoms with E-state index in [1.165, 1.54) is 0 Å². The van der Waals surface area contributed by atoms with Gasteiger partial charge in [-0.2, -0.15) is 0 Å². The van der Waals surface area contributed by atoms with Crippen LogP contribution in [0.3, 0.4) is 0 Å². The van der Waals surface area contributed by atoms with Gasteiger partial charge in [-0.25, -0.2) is 0 Å². The highest BCUT2D eigenvalue weighted by Gasteiger charge is 2.33. The van der Waals surface area contributed by atoms with Gasteiger partial charge in [-0.3, -0.25) is 4.79 Å². The summed E-state index contributed by atoms with van der Waals surface area (Å²) in [7, 11) is 0. The molecular weight excluding hydrogens is 218 g/mol. The molecule has 0 spiro atoms. The second kappa shape index (κ2) is 6.36. The van der Waals surface area contributed by atoms with Gasteiger partial charge in [-0.15, -0.1) is 0 Å². The predicted molar refractivity (Wildman–Crippen MR) is 66.9 cm³/mol. The molecular formula is C13H25NO3. The minimum Gasteiger partial charge on any atom is -0.465 e. The van der Waals surface area contributed by atoms with Crippen molar-refractivity contribution >= 4 is 5.97 Å². The van der Waals surface area contributed by atoms with E-state index in [-0.39, 0.29) is 23.5 Å². The molecule has 1 N–H and O–H groups in total. The number of nitrogens with one attached hydrogen (secondary N) is 1. The van der Waals surface area contributed by atoms with Crippen LogP contribution in [0.1, 0.15) is 40.5 Å². The van der Waals surface area contributed by atoms with Gasteiger partial charge in [0.15, 0.2) is 0 Å². The third-order valence-electron chi connectivity index (χ3n) is 2.96. The predicted octanol–water partition coefficient (Wildman–Crippen LogP) is 1.73. The molecule has 0 saturated carbocycles. The maximum Gasteiger partial charge on any atom is 0.323 e. The van der Waals surface area contributed by atoms with Crippen LogP contribution in [0.4, 0.5) is 0 Å². The van der Waals surface area contributed by atoms with Crippen molar-refractivity contribution in [3.63, 3.8) is 0 Å². The first-order valence-electron chi connectivity index (χ1n) is 6.46. The average molecular weight is 243 g/mol. The fourth-order valence-electron chi connectivity index (χ4n) is 2.02. The molecule has 1 aliphatic heterocycles. The zero-order valence-corrected chi connectivity index (χ0v) is 11.4. The van der Waals surface area contributed by atoms with Gasteiger partial charge in [0.25, 0.3) is 0 Å². The van der Waals surface area contributed by atoms with Crippen LogP contribution in [-0.2, 0) is 14.3 Å². The van der Waals surface area contributed by atoms with Crippen molar-refractivity contribution in [2.75, 3.05) is 19.8 Å². The zero-order valence-electron chi connectivity index (χ0n) is 11.4. The Hall–Kier alpha value is -0.610. The number of carbonyl (C=O) groups is 1. The van der Waals surface area contributed by atoms with Crippen LogP contribution in [0.2, 0.25) is 0 Å². The summed E-state index contributed by atoms with van der Waals surface area (Å²) >= 11 is 0. The third kappa shape index (κ3) is 4.64. The molecule has 0 aromatic carbocycles. The van der Waals surface area contributed by atoms with Gasteiger partial charge in [0.2, 0.25) is 0 Å². The van der Waals surface area contributed by atoms with Crippen LogP contribution in [0.25, 0.3) is 0 Å². The highest BCUT2D eigenvalue weighted by Crippen LogP contribution is 2.21. The first kappa shape index (κ1) is 14.5. The fraction of sp³-hybridized carbons (Fsp3) is 0.923. The van der Waals surface area contributed by atoms with E-state index in [2.05, 4.69) is 5.32 Å². The highest BCUT2D eigenvalue weighted by molar-refractivity contribution is 5.76. The van der Waals surface area contributed by atoms with Gasteiger partial charge >= 0.3 is 5.97 Å². The van der Waals surface area contributed by atoms with E-state index in [1.807, 2.05) is 27.7 Å². The molecule has 100 valence electrons. The summed E-state index contributed by atoms with van der Waals surface area (Å²) in [5.74, 6) is -0.169. The van der Waals surface area contributed by atoms with Gasteiger partial charge in [-0.1, -0.05) is 20.8 Å². The van der Waals surface area contributed by atoms with E-state index in [0.717, 1.165) is 26.0 Å². The molecule has 1 aliphatic rings. The van der Waals surface area contributed by atoms with Gasteiger partial charge in [0, 0.05) is 13.2 Å². The lowest BCUT2D eigenvalue weighted by molar-refractivity contribution is -0.148. The van der Waals surface area contributed by atoms with E-state index in [1.54, 1.807) is 0 Å². The minimum atomic E-state index is -0.272. The summed E-state index contributed by atoms with van der Waals surface area (Å²) in [6.45, 7) is 9.93. The van der Waals surface area contributed by atoms with Crippen LogP contribution in [-0.4, -0.2) is 37.9 Å². The summed E-state index contributed by atoms with van der Waals surface area (Å²) in [6, 6.07) is -0.272. The van der Waals surface area contributed by atoms with Crippen LogP contribution in [0.5, 0.6) is 0 Å². The first-order chi connectivity index (χ1) is 7.95. The monoisotopic (exact) mass is 243 g/mol. The molecule has 2 unspecified atom stereocenters. The number of esters is 1. The largest absolute Gasteiger partial charge is 0.465 e. The van der Waals surface area contributed by atoms with Crippen LogP contribution >= 0.6 is 0 Å². The van der Waals surface area contributed by atoms with Crippen LogP contribution in [0.15, 0.2) is 0 Å². The van der Waals surface area contributed by atoms with Crippen molar-refractivity contribution in [3.05, 3.63) is 0 Å². The molecule has 1 rings (SSSR count). The summed E-state index contributed by atoms with van der Waals surface area (Å²) in [5, 5.41) is 3.29. The quantitative estimate of drug-likeness (QED) is 0.747. The SMILES string of the molecule is CCOC(=O)C(NCC1CCCO1)C(C)(C)C. The van der Waals surface area contributed by atoms with Gasteiger partial charge in [0.05, 0.1) is 12.7 Å². The molecule has 0 aromatic rings. The molecule has 0 bridgehead atoms. The second-order valence-electron chi connectivity index (χ2n) is 5.59. The van der Waals surface area contributed by atoms with Crippen LogP contribution in [0, 0.1) is 5.41 Å². The number of carbonyl (C=O) groups excluding carboxylic acids is 1. The van der Waals surface area contributed by atoms with E-state index < -0.39 is 0 Å². The van der Waals surface area contributed by atoms with Crippen molar-refractivity contribution in [1.82, 2.24) is 5.32 Å². The molecule has 0 aliphatic carbocycles. The van der Waals surface area contributed by atoms with Crippen molar-refractivity contribution < 1.29 is 14.3 Å². The molecule has 1 heterocycles. The molecule has 2 atom stereocenters. The van der Waals surface area contributed by atoms with Crippen molar-refractivity contribution in [3.8, 4) is 0 Å². The number of hydrogen-bond donors (Lipinski definition) is 1. The maximum absolute atomic E-state index is 11.9. The van der Waals surface area contributed by atoms with E-state index in [9.17, 15) is 4.79 Å². The molecule has 4 nitrogen and oxygen atoms in total. The van der Waals surface area contributed by atoms with E-state index in [0.29, 0.717) is 6.61 Å². The highest BCUT2D eigenvalue weighted by atomic mass is 16.5. The van der Waals surface area contributed by atoms with Crippen LogP contribution < -0.4 is 5.32 Å². The zero-order chi connectivity index (χ0) is 12.9. The van der Waals surface area contributed by atoms with Gasteiger partial charge in [0.1, 0.15) is 6.04 Å². The lowest BCUT2D eigenvalue weighted by atomic mass is 9.86. The first-order valence-corrected chi connectivity index (χ1v) is 6.46. The Kier molecular flexibility index (Phi) is 5.40. The third-order valence-corrected chi connectivity index (χ3v) is 2.96. The average Bonchev–Trinajstić information content (AvgIpc) is 2.69. The summed E-state index contributed by atoms with van der Waals surface area (Å²) < 4.78 is 10.6. The lowest BCUT2D eigenvalue weighted by Crippen LogP contribution is -2.49. The Morgan fingerprint density at radius 1 is 1.53 bits per heavy atom. The van der Waals surface area contributed by atoms with Gasteiger partial charge < -0.3 is 14.8 Å². The normalized spacial score (nSPS) is 22.5. The summed E-state index contributed by atoms with van der Waals surface area (Å²) in [6.07, 6.45) is 2.44. The van der Waals surface area contributed by atoms with E-state index in [4.69, 9.17) is 9.47 Å². The van der Waals surface area contributed by atoms with Crippen molar-refractivity contribution in [1.29, 1.82) is 0 Å². The van der Waals surface area contributed by atoms with Crippen molar-refractivity contribution in [2.45, 2.75) is 52.7 Å². The molecule has 0 aromatic heterocycles. The Labute approximate surface area is 104 Å². The Morgan fingerprint density at radius 3 is 2.71 bits per heavy atom. The molecule has 17 heavy (non-hydrogen) atoms. The smallest absolute Gasteiger partial charge is 0.323 e. The Bertz CT molecular complexity index is 242. The number of hydrogen-bond acceptors (Lipinski definition) is 4. The fourth-order valence-corrected chi connectivity index (χ4v) is 2.02.